The third kappa shape index (κ3) is 2.29. The summed E-state index contributed by atoms with van der Waals surface area (Å²) in [7, 11) is 0. The maximum absolute atomic E-state index is 4.35. The summed E-state index contributed by atoms with van der Waals surface area (Å²) in [4.78, 5) is 9.47. The van der Waals surface area contributed by atoms with Crippen molar-refractivity contribution in [1.29, 1.82) is 0 Å². The number of hydrogen-bond acceptors (Lipinski definition) is 4. The van der Waals surface area contributed by atoms with Gasteiger partial charge in [0.05, 0.1) is 23.8 Å². The minimum atomic E-state index is 0.765. The molecule has 1 aromatic heterocycles. The average molecular weight is 246 g/mol. The van der Waals surface area contributed by atoms with Gasteiger partial charge in [-0.2, -0.15) is 0 Å². The van der Waals surface area contributed by atoms with Gasteiger partial charge in [-0.15, -0.1) is 0 Å². The number of piperazine rings is 1. The minimum absolute atomic E-state index is 0.765. The molecule has 0 amide bonds. The summed E-state index contributed by atoms with van der Waals surface area (Å²) in [6, 6.07) is 2.99. The Hall–Kier alpha value is -1.29. The van der Waals surface area contributed by atoms with Crippen LogP contribution in [-0.2, 0) is 0 Å². The molecular formula is C14H22N4. The fourth-order valence-corrected chi connectivity index (χ4v) is 3.13. The highest BCUT2D eigenvalue weighted by Gasteiger charge is 2.30. The van der Waals surface area contributed by atoms with Gasteiger partial charge in [-0.25, -0.2) is 0 Å². The highest BCUT2D eigenvalue weighted by Crippen LogP contribution is 2.26. The van der Waals surface area contributed by atoms with Crippen molar-refractivity contribution in [3.63, 3.8) is 0 Å². The molecule has 1 aromatic rings. The first-order chi connectivity index (χ1) is 8.86. The van der Waals surface area contributed by atoms with E-state index in [0.717, 1.165) is 31.4 Å². The van der Waals surface area contributed by atoms with Crippen LogP contribution in [0.15, 0.2) is 18.5 Å². The second-order valence-electron chi connectivity index (χ2n) is 5.24. The van der Waals surface area contributed by atoms with Crippen LogP contribution in [0.2, 0.25) is 0 Å². The summed E-state index contributed by atoms with van der Waals surface area (Å²) >= 11 is 0. The van der Waals surface area contributed by atoms with Gasteiger partial charge in [0.15, 0.2) is 0 Å². The molecule has 0 spiro atoms. The molecule has 4 nitrogen and oxygen atoms in total. The SMILES string of the molecule is CCNc1cncc(N2CCN3CCCC3C2)c1. The Labute approximate surface area is 109 Å². The van der Waals surface area contributed by atoms with E-state index in [-0.39, 0.29) is 0 Å². The van der Waals surface area contributed by atoms with Crippen molar-refractivity contribution in [3.05, 3.63) is 18.5 Å². The Morgan fingerprint density at radius 3 is 3.17 bits per heavy atom. The predicted molar refractivity (Wildman–Crippen MR) is 75.2 cm³/mol. The summed E-state index contributed by atoms with van der Waals surface area (Å²) < 4.78 is 0. The molecule has 2 fully saturated rings. The van der Waals surface area contributed by atoms with E-state index in [1.807, 2.05) is 12.4 Å². The van der Waals surface area contributed by atoms with Crippen LogP contribution >= 0.6 is 0 Å². The van der Waals surface area contributed by atoms with Gasteiger partial charge >= 0.3 is 0 Å². The Balaban J connectivity index is 1.72. The third-order valence-corrected chi connectivity index (χ3v) is 4.06. The fourth-order valence-electron chi connectivity index (χ4n) is 3.13. The fraction of sp³-hybridized carbons (Fsp3) is 0.643. The lowest BCUT2D eigenvalue weighted by molar-refractivity contribution is 0.231. The Bertz CT molecular complexity index is 407. The molecule has 18 heavy (non-hydrogen) atoms. The minimum Gasteiger partial charge on any atom is -0.384 e. The third-order valence-electron chi connectivity index (χ3n) is 4.06. The lowest BCUT2D eigenvalue weighted by Gasteiger charge is -2.38. The molecule has 1 atom stereocenters. The van der Waals surface area contributed by atoms with Gasteiger partial charge in [-0.05, 0) is 32.4 Å². The topological polar surface area (TPSA) is 31.4 Å². The van der Waals surface area contributed by atoms with Crippen LogP contribution in [0.5, 0.6) is 0 Å². The molecule has 98 valence electrons. The van der Waals surface area contributed by atoms with E-state index in [4.69, 9.17) is 0 Å². The van der Waals surface area contributed by atoms with E-state index in [2.05, 4.69) is 33.1 Å². The molecule has 4 heteroatoms. The van der Waals surface area contributed by atoms with Gasteiger partial charge in [0.2, 0.25) is 0 Å². The first kappa shape index (κ1) is 11.8. The lowest BCUT2D eigenvalue weighted by atomic mass is 10.1. The van der Waals surface area contributed by atoms with Crippen molar-refractivity contribution < 1.29 is 0 Å². The zero-order valence-corrected chi connectivity index (χ0v) is 11.1. The highest BCUT2D eigenvalue weighted by atomic mass is 15.3. The monoisotopic (exact) mass is 246 g/mol. The molecule has 3 rings (SSSR count). The summed E-state index contributed by atoms with van der Waals surface area (Å²) in [5, 5.41) is 3.33. The molecular weight excluding hydrogens is 224 g/mol. The number of fused-ring (bicyclic) bond motifs is 1. The summed E-state index contributed by atoms with van der Waals surface area (Å²) in [6.07, 6.45) is 6.62. The molecule has 2 aliphatic heterocycles. The van der Waals surface area contributed by atoms with E-state index in [9.17, 15) is 0 Å². The lowest BCUT2D eigenvalue weighted by Crippen LogP contribution is -2.50. The maximum atomic E-state index is 4.35. The van der Waals surface area contributed by atoms with E-state index in [1.165, 1.54) is 31.6 Å². The number of anilines is 2. The van der Waals surface area contributed by atoms with Gasteiger partial charge in [0.25, 0.3) is 0 Å². The molecule has 2 saturated heterocycles. The van der Waals surface area contributed by atoms with Crippen LogP contribution < -0.4 is 10.2 Å². The molecule has 1 N–H and O–H groups in total. The van der Waals surface area contributed by atoms with Crippen molar-refractivity contribution in [3.8, 4) is 0 Å². The summed E-state index contributed by atoms with van der Waals surface area (Å²) in [5.41, 5.74) is 2.39. The van der Waals surface area contributed by atoms with Crippen LogP contribution in [-0.4, -0.2) is 48.6 Å². The highest BCUT2D eigenvalue weighted by molar-refractivity contribution is 5.56. The molecule has 3 heterocycles. The molecule has 0 radical (unpaired) electrons. The zero-order valence-electron chi connectivity index (χ0n) is 11.1. The Kier molecular flexibility index (Phi) is 3.37. The molecule has 0 aromatic carbocycles. The maximum Gasteiger partial charge on any atom is 0.0574 e. The largest absolute Gasteiger partial charge is 0.384 e. The van der Waals surface area contributed by atoms with E-state index >= 15 is 0 Å². The number of pyridine rings is 1. The van der Waals surface area contributed by atoms with E-state index in [1.54, 1.807) is 0 Å². The van der Waals surface area contributed by atoms with Crippen LogP contribution in [0.3, 0.4) is 0 Å². The molecule has 0 saturated carbocycles. The van der Waals surface area contributed by atoms with Gasteiger partial charge in [0, 0.05) is 32.2 Å². The van der Waals surface area contributed by atoms with Crippen molar-refractivity contribution in [2.75, 3.05) is 42.9 Å². The second kappa shape index (κ2) is 5.14. The second-order valence-corrected chi connectivity index (χ2v) is 5.24. The van der Waals surface area contributed by atoms with Crippen LogP contribution in [0, 0.1) is 0 Å². The summed E-state index contributed by atoms with van der Waals surface area (Å²) in [6.45, 7) is 7.86. The molecule has 0 aliphatic carbocycles. The first-order valence-electron chi connectivity index (χ1n) is 7.04. The Morgan fingerprint density at radius 1 is 1.33 bits per heavy atom. The van der Waals surface area contributed by atoms with Crippen LogP contribution in [0.25, 0.3) is 0 Å². The average Bonchev–Trinajstić information content (AvgIpc) is 2.86. The van der Waals surface area contributed by atoms with Gasteiger partial charge in [-0.3, -0.25) is 9.88 Å². The molecule has 0 bridgehead atoms. The van der Waals surface area contributed by atoms with Gasteiger partial charge in [-0.1, -0.05) is 0 Å². The van der Waals surface area contributed by atoms with Crippen molar-refractivity contribution in [2.24, 2.45) is 0 Å². The number of hydrogen-bond donors (Lipinski definition) is 1. The van der Waals surface area contributed by atoms with Crippen molar-refractivity contribution in [1.82, 2.24) is 9.88 Å². The van der Waals surface area contributed by atoms with Crippen LogP contribution in [0.4, 0.5) is 11.4 Å². The van der Waals surface area contributed by atoms with Gasteiger partial charge in [0.1, 0.15) is 0 Å². The van der Waals surface area contributed by atoms with Crippen molar-refractivity contribution >= 4 is 11.4 Å². The van der Waals surface area contributed by atoms with Crippen LogP contribution in [0.1, 0.15) is 19.8 Å². The number of aromatic nitrogens is 1. The molecule has 1 unspecified atom stereocenters. The summed E-state index contributed by atoms with van der Waals surface area (Å²) in [5.74, 6) is 0. The zero-order chi connectivity index (χ0) is 12.4. The van der Waals surface area contributed by atoms with E-state index < -0.39 is 0 Å². The smallest absolute Gasteiger partial charge is 0.0574 e. The number of rotatable bonds is 3. The predicted octanol–water partition coefficient (Wildman–Crippen LogP) is 1.80. The first-order valence-corrected chi connectivity index (χ1v) is 7.04. The number of nitrogens with zero attached hydrogens (tertiary/aromatic N) is 3. The standard InChI is InChI=1S/C14H22N4/c1-2-16-12-8-14(10-15-9-12)18-7-6-17-5-3-4-13(17)11-18/h8-10,13,16H,2-7,11H2,1H3. The Morgan fingerprint density at radius 2 is 2.28 bits per heavy atom. The van der Waals surface area contributed by atoms with Crippen molar-refractivity contribution in [2.45, 2.75) is 25.8 Å². The normalized spacial score (nSPS) is 24.1. The number of nitrogens with one attached hydrogen (secondary N) is 1. The molecule has 2 aliphatic rings. The quantitative estimate of drug-likeness (QED) is 0.881. The van der Waals surface area contributed by atoms with Gasteiger partial charge < -0.3 is 10.2 Å². The van der Waals surface area contributed by atoms with E-state index in [0.29, 0.717) is 0 Å².